The molecule has 3 rings (SSSR count). The molecule has 1 amide bonds. The topological polar surface area (TPSA) is 102 Å². The van der Waals surface area contributed by atoms with Crippen molar-refractivity contribution in [2.24, 2.45) is 7.05 Å². The van der Waals surface area contributed by atoms with Crippen molar-refractivity contribution in [2.45, 2.75) is 13.0 Å². The number of aryl methyl sites for hydroxylation is 2. The van der Waals surface area contributed by atoms with Crippen LogP contribution in [0, 0.1) is 0 Å². The van der Waals surface area contributed by atoms with Gasteiger partial charge in [-0.1, -0.05) is 12.1 Å². The van der Waals surface area contributed by atoms with E-state index < -0.39 is 11.2 Å². The highest BCUT2D eigenvalue weighted by atomic mass is 16.2. The third-order valence-electron chi connectivity index (χ3n) is 3.45. The molecule has 0 atom stereocenters. The Balaban J connectivity index is 1.81. The van der Waals surface area contributed by atoms with Gasteiger partial charge in [0.25, 0.3) is 5.56 Å². The molecule has 0 aliphatic rings. The number of anilines is 1. The fourth-order valence-corrected chi connectivity index (χ4v) is 2.36. The number of amides is 1. The first-order valence-corrected chi connectivity index (χ1v) is 7.06. The number of rotatable bonds is 4. The molecule has 3 aromatic rings. The minimum atomic E-state index is -0.528. The number of nitrogens with one attached hydrogen (secondary N) is 2. The lowest BCUT2D eigenvalue weighted by Crippen LogP contribution is -2.31. The zero-order valence-electron chi connectivity index (χ0n) is 12.4. The highest BCUT2D eigenvalue weighted by Gasteiger charge is 2.09. The molecule has 0 saturated carbocycles. The second kappa shape index (κ2) is 5.91. The van der Waals surface area contributed by atoms with E-state index in [1.54, 1.807) is 48.3 Å². The molecule has 2 heterocycles. The van der Waals surface area contributed by atoms with Gasteiger partial charge in [-0.15, -0.1) is 0 Å². The number of para-hydroxylation sites is 1. The molecule has 8 nitrogen and oxygen atoms in total. The van der Waals surface area contributed by atoms with Crippen LogP contribution in [0.4, 0.5) is 5.82 Å². The Bertz CT molecular complexity index is 982. The lowest BCUT2D eigenvalue weighted by Gasteiger charge is -2.09. The molecular weight excluding hydrogens is 298 g/mol. The normalized spacial score (nSPS) is 10.8. The van der Waals surface area contributed by atoms with Crippen LogP contribution in [0.5, 0.6) is 0 Å². The van der Waals surface area contributed by atoms with E-state index >= 15 is 0 Å². The van der Waals surface area contributed by atoms with Gasteiger partial charge < -0.3 is 5.32 Å². The molecule has 0 aliphatic heterocycles. The van der Waals surface area contributed by atoms with Crippen LogP contribution >= 0.6 is 0 Å². The third-order valence-corrected chi connectivity index (χ3v) is 3.45. The molecule has 1 aromatic carbocycles. The smallest absolute Gasteiger partial charge is 0.309 e. The quantitative estimate of drug-likeness (QED) is 0.730. The Kier molecular flexibility index (Phi) is 3.80. The van der Waals surface area contributed by atoms with Gasteiger partial charge in [-0.3, -0.25) is 23.8 Å². The minimum Gasteiger partial charge on any atom is -0.309 e. The summed E-state index contributed by atoms with van der Waals surface area (Å²) in [5, 5.41) is 7.12. The molecule has 0 unspecified atom stereocenters. The average Bonchev–Trinajstić information content (AvgIpc) is 2.92. The zero-order valence-corrected chi connectivity index (χ0v) is 12.4. The average molecular weight is 313 g/mol. The molecule has 2 aromatic heterocycles. The van der Waals surface area contributed by atoms with Crippen molar-refractivity contribution in [2.75, 3.05) is 5.32 Å². The predicted octanol–water partition coefficient (Wildman–Crippen LogP) is 0.452. The number of hydrogen-bond acceptors (Lipinski definition) is 4. The van der Waals surface area contributed by atoms with Crippen LogP contribution in [0.1, 0.15) is 6.42 Å². The molecule has 8 heteroatoms. The monoisotopic (exact) mass is 313 g/mol. The first kappa shape index (κ1) is 14.8. The molecule has 0 bridgehead atoms. The van der Waals surface area contributed by atoms with E-state index in [4.69, 9.17) is 0 Å². The summed E-state index contributed by atoms with van der Waals surface area (Å²) in [5.41, 5.74) is -0.453. The summed E-state index contributed by atoms with van der Waals surface area (Å²) in [6.07, 6.45) is 1.81. The van der Waals surface area contributed by atoms with E-state index in [1.807, 2.05) is 0 Å². The zero-order chi connectivity index (χ0) is 16.4. The molecule has 0 radical (unpaired) electrons. The molecule has 0 spiro atoms. The summed E-state index contributed by atoms with van der Waals surface area (Å²) < 4.78 is 2.96. The number of aromatic nitrogens is 4. The maximum Gasteiger partial charge on any atom is 0.328 e. The molecule has 0 fully saturated rings. The van der Waals surface area contributed by atoms with Crippen molar-refractivity contribution >= 4 is 22.6 Å². The Labute approximate surface area is 130 Å². The molecule has 2 N–H and O–H groups in total. The van der Waals surface area contributed by atoms with Gasteiger partial charge in [0.1, 0.15) is 0 Å². The fraction of sp³-hybridized carbons (Fsp3) is 0.200. The number of aromatic amines is 1. The van der Waals surface area contributed by atoms with Gasteiger partial charge in [0, 0.05) is 32.3 Å². The van der Waals surface area contributed by atoms with Gasteiger partial charge in [0.05, 0.1) is 10.9 Å². The molecule has 0 saturated heterocycles. The summed E-state index contributed by atoms with van der Waals surface area (Å²) in [4.78, 5) is 38.0. The second-order valence-corrected chi connectivity index (χ2v) is 5.10. The summed E-state index contributed by atoms with van der Waals surface area (Å²) >= 11 is 0. The Morgan fingerprint density at radius 3 is 2.78 bits per heavy atom. The third kappa shape index (κ3) is 3.05. The highest BCUT2D eigenvalue weighted by Crippen LogP contribution is 2.08. The first-order valence-electron chi connectivity index (χ1n) is 7.06. The lowest BCUT2D eigenvalue weighted by molar-refractivity contribution is -0.116. The number of nitrogens with zero attached hydrogens (tertiary/aromatic N) is 3. The van der Waals surface area contributed by atoms with Crippen LogP contribution in [-0.4, -0.2) is 25.2 Å². The summed E-state index contributed by atoms with van der Waals surface area (Å²) in [6, 6.07) is 8.46. The molecular formula is C15H15N5O3. The SMILES string of the molecule is Cn1ccc(NC(=O)CCn2c(=O)[nH]c(=O)c3ccccc32)n1. The lowest BCUT2D eigenvalue weighted by atomic mass is 10.2. The summed E-state index contributed by atoms with van der Waals surface area (Å²) in [5.74, 6) is 0.196. The standard InChI is InChI=1S/C15H15N5O3/c1-19-8-6-12(18-19)16-13(21)7-9-20-11-5-3-2-4-10(11)14(22)17-15(20)23/h2-6,8H,7,9H2,1H3,(H,16,18,21)(H,17,22,23). The van der Waals surface area contributed by atoms with Crippen molar-refractivity contribution in [3.63, 3.8) is 0 Å². The number of H-pyrrole nitrogens is 1. The molecule has 118 valence electrons. The van der Waals surface area contributed by atoms with Crippen LogP contribution in [0.3, 0.4) is 0 Å². The van der Waals surface area contributed by atoms with Crippen molar-refractivity contribution < 1.29 is 4.79 Å². The van der Waals surface area contributed by atoms with Gasteiger partial charge in [0.2, 0.25) is 5.91 Å². The molecule has 23 heavy (non-hydrogen) atoms. The van der Waals surface area contributed by atoms with E-state index in [1.165, 1.54) is 4.57 Å². The Morgan fingerprint density at radius 2 is 2.04 bits per heavy atom. The van der Waals surface area contributed by atoms with Gasteiger partial charge in [-0.2, -0.15) is 5.10 Å². The van der Waals surface area contributed by atoms with Crippen LogP contribution in [0.2, 0.25) is 0 Å². The number of fused-ring (bicyclic) bond motifs is 1. The van der Waals surface area contributed by atoms with Crippen molar-refractivity contribution in [1.29, 1.82) is 0 Å². The Morgan fingerprint density at radius 1 is 1.26 bits per heavy atom. The number of hydrogen-bond donors (Lipinski definition) is 2. The summed E-state index contributed by atoms with van der Waals surface area (Å²) in [6.45, 7) is 0.162. The predicted molar refractivity (Wildman–Crippen MR) is 85.3 cm³/mol. The largest absolute Gasteiger partial charge is 0.328 e. The van der Waals surface area contributed by atoms with Crippen molar-refractivity contribution in [3.8, 4) is 0 Å². The van der Waals surface area contributed by atoms with Crippen LogP contribution in [0.15, 0.2) is 46.1 Å². The van der Waals surface area contributed by atoms with Gasteiger partial charge >= 0.3 is 5.69 Å². The Hall–Kier alpha value is -3.16. The minimum absolute atomic E-state index is 0.0898. The van der Waals surface area contributed by atoms with Crippen LogP contribution < -0.4 is 16.6 Å². The second-order valence-electron chi connectivity index (χ2n) is 5.10. The first-order chi connectivity index (χ1) is 11.0. The highest BCUT2D eigenvalue weighted by molar-refractivity contribution is 5.89. The number of carbonyl (C=O) groups is 1. The van der Waals surface area contributed by atoms with Crippen molar-refractivity contribution in [3.05, 3.63) is 57.4 Å². The number of carbonyl (C=O) groups excluding carboxylic acids is 1. The fourth-order valence-electron chi connectivity index (χ4n) is 2.36. The maximum atomic E-state index is 12.0. The number of benzene rings is 1. The van der Waals surface area contributed by atoms with Gasteiger partial charge in [-0.05, 0) is 12.1 Å². The van der Waals surface area contributed by atoms with Gasteiger partial charge in [-0.25, -0.2) is 4.79 Å². The van der Waals surface area contributed by atoms with Crippen LogP contribution in [-0.2, 0) is 18.4 Å². The van der Waals surface area contributed by atoms with E-state index in [9.17, 15) is 14.4 Å². The van der Waals surface area contributed by atoms with Crippen LogP contribution in [0.25, 0.3) is 10.9 Å². The van der Waals surface area contributed by atoms with E-state index in [2.05, 4.69) is 15.4 Å². The molecule has 0 aliphatic carbocycles. The summed E-state index contributed by atoms with van der Waals surface area (Å²) in [7, 11) is 1.75. The van der Waals surface area contributed by atoms with Gasteiger partial charge in [0.15, 0.2) is 5.82 Å². The van der Waals surface area contributed by atoms with E-state index in [0.717, 1.165) is 0 Å². The maximum absolute atomic E-state index is 12.0. The van der Waals surface area contributed by atoms with Crippen molar-refractivity contribution in [1.82, 2.24) is 19.3 Å². The van der Waals surface area contributed by atoms with E-state index in [-0.39, 0.29) is 18.9 Å². The van der Waals surface area contributed by atoms with E-state index in [0.29, 0.717) is 16.7 Å².